The van der Waals surface area contributed by atoms with Crippen molar-refractivity contribution >= 4 is 23.4 Å². The van der Waals surface area contributed by atoms with Gasteiger partial charge in [-0.1, -0.05) is 23.7 Å². The Balaban J connectivity index is 2.07. The van der Waals surface area contributed by atoms with Gasteiger partial charge in [0.2, 0.25) is 5.95 Å². The van der Waals surface area contributed by atoms with Crippen LogP contribution in [0.15, 0.2) is 30.5 Å². The molecule has 1 aromatic carbocycles. The second-order valence-electron chi connectivity index (χ2n) is 3.51. The number of benzene rings is 1. The van der Waals surface area contributed by atoms with E-state index in [0.29, 0.717) is 11.6 Å². The first-order valence-electron chi connectivity index (χ1n) is 5.16. The van der Waals surface area contributed by atoms with E-state index in [1.807, 2.05) is 12.1 Å². The minimum atomic E-state index is -0.539. The van der Waals surface area contributed by atoms with E-state index < -0.39 is 5.82 Å². The van der Waals surface area contributed by atoms with Crippen molar-refractivity contribution < 1.29 is 4.39 Å². The first-order chi connectivity index (χ1) is 8.69. The summed E-state index contributed by atoms with van der Waals surface area (Å²) in [5.74, 6) is 4.85. The monoisotopic (exact) mass is 267 g/mol. The van der Waals surface area contributed by atoms with Gasteiger partial charge in [0, 0.05) is 11.6 Å². The van der Waals surface area contributed by atoms with Crippen molar-refractivity contribution in [3.8, 4) is 0 Å². The molecule has 0 amide bonds. The fraction of sp³-hybridized carbons (Fsp3) is 0.0909. The van der Waals surface area contributed by atoms with E-state index in [2.05, 4.69) is 20.7 Å². The normalized spacial score (nSPS) is 10.2. The first kappa shape index (κ1) is 12.5. The number of aromatic nitrogens is 2. The maximum Gasteiger partial charge on any atom is 0.239 e. The van der Waals surface area contributed by atoms with Crippen LogP contribution in [0.25, 0.3) is 0 Å². The Morgan fingerprint density at radius 3 is 2.67 bits per heavy atom. The van der Waals surface area contributed by atoms with Crippen molar-refractivity contribution in [2.75, 3.05) is 10.7 Å². The van der Waals surface area contributed by atoms with Crippen LogP contribution in [-0.4, -0.2) is 9.97 Å². The van der Waals surface area contributed by atoms with Gasteiger partial charge in [0.1, 0.15) is 0 Å². The van der Waals surface area contributed by atoms with Crippen molar-refractivity contribution in [2.45, 2.75) is 6.54 Å². The lowest BCUT2D eigenvalue weighted by atomic mass is 10.2. The van der Waals surface area contributed by atoms with Gasteiger partial charge in [-0.3, -0.25) is 5.43 Å². The van der Waals surface area contributed by atoms with Crippen molar-refractivity contribution in [1.29, 1.82) is 0 Å². The molecule has 5 nitrogen and oxygen atoms in total. The molecule has 2 rings (SSSR count). The average Bonchev–Trinajstić information content (AvgIpc) is 2.40. The Bertz CT molecular complexity index is 531. The van der Waals surface area contributed by atoms with Gasteiger partial charge in [0.05, 0.1) is 6.20 Å². The SMILES string of the molecule is NNc1ncc(F)c(NCc2ccc(Cl)cc2)n1. The summed E-state index contributed by atoms with van der Waals surface area (Å²) in [7, 11) is 0. The van der Waals surface area contributed by atoms with Gasteiger partial charge in [-0.2, -0.15) is 4.98 Å². The molecule has 2 aromatic rings. The minimum Gasteiger partial charge on any atom is -0.363 e. The molecule has 0 bridgehead atoms. The van der Waals surface area contributed by atoms with Gasteiger partial charge in [-0.25, -0.2) is 15.2 Å². The lowest BCUT2D eigenvalue weighted by Crippen LogP contribution is -2.13. The molecule has 0 aliphatic rings. The highest BCUT2D eigenvalue weighted by molar-refractivity contribution is 6.30. The van der Waals surface area contributed by atoms with Crippen LogP contribution in [0.4, 0.5) is 16.2 Å². The molecule has 0 aliphatic carbocycles. The van der Waals surface area contributed by atoms with Gasteiger partial charge in [-0.05, 0) is 17.7 Å². The second-order valence-corrected chi connectivity index (χ2v) is 3.95. The van der Waals surface area contributed by atoms with Crippen LogP contribution < -0.4 is 16.6 Å². The predicted molar refractivity (Wildman–Crippen MR) is 68.6 cm³/mol. The zero-order chi connectivity index (χ0) is 13.0. The Kier molecular flexibility index (Phi) is 3.91. The summed E-state index contributed by atoms with van der Waals surface area (Å²) < 4.78 is 13.4. The Morgan fingerprint density at radius 2 is 2.00 bits per heavy atom. The number of rotatable bonds is 4. The Hall–Kier alpha value is -1.92. The summed E-state index contributed by atoms with van der Waals surface area (Å²) in [5, 5.41) is 3.51. The maximum atomic E-state index is 13.4. The van der Waals surface area contributed by atoms with E-state index in [-0.39, 0.29) is 11.8 Å². The third-order valence-electron chi connectivity index (χ3n) is 2.25. The van der Waals surface area contributed by atoms with E-state index >= 15 is 0 Å². The fourth-order valence-electron chi connectivity index (χ4n) is 1.35. The van der Waals surface area contributed by atoms with Crippen molar-refractivity contribution in [3.05, 3.63) is 46.9 Å². The molecule has 0 spiro atoms. The van der Waals surface area contributed by atoms with Crippen LogP contribution in [0.2, 0.25) is 5.02 Å². The van der Waals surface area contributed by atoms with Crippen molar-refractivity contribution in [3.63, 3.8) is 0 Å². The molecule has 94 valence electrons. The third-order valence-corrected chi connectivity index (χ3v) is 2.50. The molecule has 0 radical (unpaired) electrons. The van der Waals surface area contributed by atoms with E-state index in [1.165, 1.54) is 0 Å². The topological polar surface area (TPSA) is 75.9 Å². The van der Waals surface area contributed by atoms with E-state index in [0.717, 1.165) is 11.8 Å². The van der Waals surface area contributed by atoms with E-state index in [4.69, 9.17) is 17.4 Å². The summed E-state index contributed by atoms with van der Waals surface area (Å²) in [4.78, 5) is 7.51. The van der Waals surface area contributed by atoms with Gasteiger partial charge >= 0.3 is 0 Å². The Labute approximate surface area is 108 Å². The number of nitrogen functional groups attached to an aromatic ring is 1. The Morgan fingerprint density at radius 1 is 1.28 bits per heavy atom. The number of anilines is 2. The number of nitrogens with one attached hydrogen (secondary N) is 2. The molecule has 7 heteroatoms. The summed E-state index contributed by atoms with van der Waals surface area (Å²) in [6, 6.07) is 7.22. The van der Waals surface area contributed by atoms with Crippen LogP contribution in [0, 0.1) is 5.82 Å². The molecule has 0 atom stereocenters. The molecule has 0 fully saturated rings. The molecule has 0 saturated carbocycles. The van der Waals surface area contributed by atoms with Gasteiger partial charge in [-0.15, -0.1) is 0 Å². The number of halogens is 2. The number of nitrogens with zero attached hydrogens (tertiary/aromatic N) is 2. The summed E-state index contributed by atoms with van der Waals surface area (Å²) in [6.45, 7) is 0.426. The average molecular weight is 268 g/mol. The largest absolute Gasteiger partial charge is 0.363 e. The summed E-state index contributed by atoms with van der Waals surface area (Å²) in [5.41, 5.74) is 3.21. The van der Waals surface area contributed by atoms with Crippen LogP contribution in [-0.2, 0) is 6.54 Å². The van der Waals surface area contributed by atoms with E-state index in [9.17, 15) is 4.39 Å². The highest BCUT2D eigenvalue weighted by atomic mass is 35.5. The molecular formula is C11H11ClFN5. The third kappa shape index (κ3) is 3.06. The number of hydrogen-bond donors (Lipinski definition) is 3. The number of hydrogen-bond acceptors (Lipinski definition) is 5. The van der Waals surface area contributed by atoms with Crippen molar-refractivity contribution in [1.82, 2.24) is 9.97 Å². The first-order valence-corrected chi connectivity index (χ1v) is 5.54. The molecule has 4 N–H and O–H groups in total. The van der Waals surface area contributed by atoms with Crippen LogP contribution >= 0.6 is 11.6 Å². The zero-order valence-electron chi connectivity index (χ0n) is 9.32. The fourth-order valence-corrected chi connectivity index (χ4v) is 1.47. The van der Waals surface area contributed by atoms with Crippen molar-refractivity contribution in [2.24, 2.45) is 5.84 Å². The van der Waals surface area contributed by atoms with Crippen LogP contribution in [0.3, 0.4) is 0 Å². The lowest BCUT2D eigenvalue weighted by molar-refractivity contribution is 0.617. The minimum absolute atomic E-state index is 0.0906. The van der Waals surface area contributed by atoms with E-state index in [1.54, 1.807) is 12.1 Å². The lowest BCUT2D eigenvalue weighted by Gasteiger charge is -2.07. The van der Waals surface area contributed by atoms with Crippen LogP contribution in [0.1, 0.15) is 5.56 Å². The number of nitrogens with two attached hydrogens (primary N) is 1. The molecular weight excluding hydrogens is 257 g/mol. The summed E-state index contributed by atoms with van der Waals surface area (Å²) >= 11 is 5.77. The number of hydrazine groups is 1. The molecule has 1 heterocycles. The highest BCUT2D eigenvalue weighted by Gasteiger charge is 2.05. The molecule has 0 unspecified atom stereocenters. The zero-order valence-corrected chi connectivity index (χ0v) is 10.1. The standard InChI is InChI=1S/C11H11ClFN5/c12-8-3-1-7(2-4-8)5-15-10-9(13)6-16-11(17-10)18-14/h1-4,6H,5,14H2,(H2,15,16,17,18). The highest BCUT2D eigenvalue weighted by Crippen LogP contribution is 2.14. The molecule has 0 saturated heterocycles. The van der Waals surface area contributed by atoms with Gasteiger partial charge in [0.25, 0.3) is 0 Å². The molecule has 0 aliphatic heterocycles. The second kappa shape index (κ2) is 5.61. The smallest absolute Gasteiger partial charge is 0.239 e. The summed E-state index contributed by atoms with van der Waals surface area (Å²) in [6.07, 6.45) is 1.05. The molecule has 18 heavy (non-hydrogen) atoms. The van der Waals surface area contributed by atoms with Gasteiger partial charge in [0.15, 0.2) is 11.6 Å². The van der Waals surface area contributed by atoms with Gasteiger partial charge < -0.3 is 5.32 Å². The molecule has 1 aromatic heterocycles. The predicted octanol–water partition coefficient (Wildman–Crippen LogP) is 2.17. The maximum absolute atomic E-state index is 13.4. The quantitative estimate of drug-likeness (QED) is 0.585. The van der Waals surface area contributed by atoms with Crippen LogP contribution in [0.5, 0.6) is 0 Å².